The van der Waals surface area contributed by atoms with Crippen molar-refractivity contribution in [3.8, 4) is 0 Å². The molecule has 0 saturated heterocycles. The summed E-state index contributed by atoms with van der Waals surface area (Å²) < 4.78 is 5.13. The van der Waals surface area contributed by atoms with Gasteiger partial charge in [0.1, 0.15) is 6.61 Å². The van der Waals surface area contributed by atoms with Crippen molar-refractivity contribution in [2.24, 2.45) is 0 Å². The lowest BCUT2D eigenvalue weighted by molar-refractivity contribution is -0.136. The first-order valence-electron chi connectivity index (χ1n) is 6.94. The molecule has 0 fully saturated rings. The van der Waals surface area contributed by atoms with Crippen molar-refractivity contribution in [2.75, 3.05) is 6.61 Å². The average Bonchev–Trinajstić information content (AvgIpc) is 3.05. The van der Waals surface area contributed by atoms with Crippen LogP contribution in [0.3, 0.4) is 0 Å². The third-order valence-electron chi connectivity index (χ3n) is 4.28. The van der Waals surface area contributed by atoms with Crippen LogP contribution in [0.2, 0.25) is 10.0 Å². The molecule has 0 radical (unpaired) electrons. The number of ketones is 1. The largest absolute Gasteiger partial charge is 0.456 e. The van der Waals surface area contributed by atoms with E-state index in [9.17, 15) is 9.59 Å². The van der Waals surface area contributed by atoms with Crippen molar-refractivity contribution in [2.45, 2.75) is 18.8 Å². The lowest BCUT2D eigenvalue weighted by atomic mass is 9.81. The maximum Gasteiger partial charge on any atom is 0.337 e. The molecule has 0 bridgehead atoms. The molecule has 1 atom stereocenters. The van der Waals surface area contributed by atoms with E-state index in [2.05, 4.69) is 5.32 Å². The van der Waals surface area contributed by atoms with Gasteiger partial charge in [-0.15, -0.1) is 0 Å². The van der Waals surface area contributed by atoms with E-state index in [4.69, 9.17) is 27.9 Å². The summed E-state index contributed by atoms with van der Waals surface area (Å²) in [7, 11) is 0. The van der Waals surface area contributed by atoms with Gasteiger partial charge in [0.25, 0.3) is 0 Å². The fourth-order valence-corrected chi connectivity index (χ4v) is 3.61. The van der Waals surface area contributed by atoms with Crippen LogP contribution in [0, 0.1) is 0 Å². The molecule has 0 aromatic heterocycles. The van der Waals surface area contributed by atoms with Gasteiger partial charge in [-0.05, 0) is 24.1 Å². The maximum absolute atomic E-state index is 12.3. The smallest absolute Gasteiger partial charge is 0.337 e. The normalized spacial score (nSPS) is 23.5. The zero-order chi connectivity index (χ0) is 15.4. The number of rotatable bonds is 1. The molecule has 0 saturated carbocycles. The third-order valence-corrected chi connectivity index (χ3v) is 5.02. The number of ether oxygens (including phenoxy) is 1. The predicted molar refractivity (Wildman–Crippen MR) is 81.6 cm³/mol. The minimum Gasteiger partial charge on any atom is -0.456 e. The molecule has 2 heterocycles. The quantitative estimate of drug-likeness (QED) is 0.801. The summed E-state index contributed by atoms with van der Waals surface area (Å²) in [4.78, 5) is 24.4. The van der Waals surface area contributed by atoms with E-state index >= 15 is 0 Å². The van der Waals surface area contributed by atoms with Crippen LogP contribution in [0.15, 0.2) is 40.7 Å². The molecule has 1 N–H and O–H groups in total. The fourth-order valence-electron chi connectivity index (χ4n) is 3.30. The Bertz CT molecular complexity index is 755. The maximum atomic E-state index is 12.3. The first-order valence-corrected chi connectivity index (χ1v) is 7.70. The molecule has 4 nitrogen and oxygen atoms in total. The molecule has 2 aliphatic heterocycles. The Labute approximate surface area is 136 Å². The number of benzene rings is 1. The SMILES string of the molecule is O=C1CCC2=C1[C@@H](c1ccc(Cl)c(Cl)c1)C1=C(COC1=O)N2. The van der Waals surface area contributed by atoms with Crippen LogP contribution in [-0.2, 0) is 14.3 Å². The van der Waals surface area contributed by atoms with Crippen LogP contribution >= 0.6 is 23.2 Å². The second-order valence-corrected chi connectivity index (χ2v) is 6.33. The molecule has 0 unspecified atom stereocenters. The molecule has 4 rings (SSSR count). The third kappa shape index (κ3) is 1.91. The van der Waals surface area contributed by atoms with Gasteiger partial charge < -0.3 is 10.1 Å². The van der Waals surface area contributed by atoms with Gasteiger partial charge in [0.2, 0.25) is 0 Å². The number of halogens is 2. The highest BCUT2D eigenvalue weighted by atomic mass is 35.5. The van der Waals surface area contributed by atoms with Crippen molar-refractivity contribution in [3.63, 3.8) is 0 Å². The van der Waals surface area contributed by atoms with Crippen molar-refractivity contribution in [1.82, 2.24) is 5.32 Å². The van der Waals surface area contributed by atoms with Crippen LogP contribution in [-0.4, -0.2) is 18.4 Å². The van der Waals surface area contributed by atoms with Gasteiger partial charge in [-0.2, -0.15) is 0 Å². The van der Waals surface area contributed by atoms with Crippen LogP contribution in [0.25, 0.3) is 0 Å². The zero-order valence-electron chi connectivity index (χ0n) is 11.4. The molecule has 6 heteroatoms. The molecular formula is C16H11Cl2NO3. The topological polar surface area (TPSA) is 55.4 Å². The lowest BCUT2D eigenvalue weighted by Gasteiger charge is -2.26. The molecule has 1 aromatic carbocycles. The highest BCUT2D eigenvalue weighted by Gasteiger charge is 2.43. The highest BCUT2D eigenvalue weighted by Crippen LogP contribution is 2.45. The van der Waals surface area contributed by atoms with Gasteiger partial charge in [-0.3, -0.25) is 4.79 Å². The molecule has 22 heavy (non-hydrogen) atoms. The molecule has 1 aromatic rings. The number of dihydropyridines is 1. The first kappa shape index (κ1) is 13.9. The number of allylic oxidation sites excluding steroid dienone is 2. The standard InChI is InChI=1S/C16H11Cl2NO3/c17-8-2-1-7(5-9(8)18)13-14-10(3-4-12(14)20)19-11-6-22-16(21)15(11)13/h1-2,5,13,19H,3-4,6H2/t13-/m1/s1. The summed E-state index contributed by atoms with van der Waals surface area (Å²) in [5.41, 5.74) is 3.57. The van der Waals surface area contributed by atoms with Gasteiger partial charge in [-0.1, -0.05) is 29.3 Å². The molecule has 0 amide bonds. The van der Waals surface area contributed by atoms with Crippen LogP contribution in [0.4, 0.5) is 0 Å². The van der Waals surface area contributed by atoms with E-state index in [0.717, 1.165) is 17.0 Å². The van der Waals surface area contributed by atoms with Crippen LogP contribution < -0.4 is 5.32 Å². The molecule has 1 aliphatic carbocycles. The van der Waals surface area contributed by atoms with Crippen LogP contribution in [0.1, 0.15) is 24.3 Å². The zero-order valence-corrected chi connectivity index (χ0v) is 12.9. The second kappa shape index (κ2) is 4.86. The number of carbonyl (C=O) groups excluding carboxylic acids is 2. The lowest BCUT2D eigenvalue weighted by Crippen LogP contribution is -2.26. The Morgan fingerprint density at radius 2 is 1.86 bits per heavy atom. The summed E-state index contributed by atoms with van der Waals surface area (Å²) >= 11 is 12.1. The molecule has 112 valence electrons. The van der Waals surface area contributed by atoms with Gasteiger partial charge in [0.15, 0.2) is 5.78 Å². The van der Waals surface area contributed by atoms with Crippen molar-refractivity contribution in [1.29, 1.82) is 0 Å². The Morgan fingerprint density at radius 1 is 1.05 bits per heavy atom. The number of esters is 1. The Kier molecular flexibility index (Phi) is 3.06. The van der Waals surface area contributed by atoms with E-state index < -0.39 is 5.92 Å². The summed E-state index contributed by atoms with van der Waals surface area (Å²) in [6.07, 6.45) is 1.13. The van der Waals surface area contributed by atoms with E-state index in [-0.39, 0.29) is 18.4 Å². The Hall–Kier alpha value is -1.78. The summed E-state index contributed by atoms with van der Waals surface area (Å²) in [5.74, 6) is -0.749. The number of carbonyl (C=O) groups is 2. The van der Waals surface area contributed by atoms with Gasteiger partial charge in [-0.25, -0.2) is 4.79 Å². The Balaban J connectivity index is 1.91. The van der Waals surface area contributed by atoms with Gasteiger partial charge >= 0.3 is 5.97 Å². The molecule has 0 spiro atoms. The first-order chi connectivity index (χ1) is 10.6. The highest BCUT2D eigenvalue weighted by molar-refractivity contribution is 6.42. The number of hydrogen-bond acceptors (Lipinski definition) is 4. The van der Waals surface area contributed by atoms with E-state index in [1.54, 1.807) is 18.2 Å². The Morgan fingerprint density at radius 3 is 2.64 bits per heavy atom. The van der Waals surface area contributed by atoms with Gasteiger partial charge in [0, 0.05) is 23.6 Å². The fraction of sp³-hybridized carbons (Fsp3) is 0.250. The summed E-state index contributed by atoms with van der Waals surface area (Å²) in [6, 6.07) is 5.20. The second-order valence-electron chi connectivity index (χ2n) is 5.52. The van der Waals surface area contributed by atoms with Crippen molar-refractivity contribution >= 4 is 35.0 Å². The van der Waals surface area contributed by atoms with Crippen molar-refractivity contribution in [3.05, 3.63) is 56.3 Å². The minimum atomic E-state index is -0.425. The monoisotopic (exact) mass is 335 g/mol. The summed E-state index contributed by atoms with van der Waals surface area (Å²) in [5, 5.41) is 4.04. The van der Waals surface area contributed by atoms with E-state index in [1.807, 2.05) is 0 Å². The number of nitrogens with one attached hydrogen (secondary N) is 1. The van der Waals surface area contributed by atoms with E-state index in [0.29, 0.717) is 34.0 Å². The summed E-state index contributed by atoms with van der Waals surface area (Å²) in [6.45, 7) is 0.219. The number of hydrogen-bond donors (Lipinski definition) is 1. The van der Waals surface area contributed by atoms with Gasteiger partial charge in [0.05, 0.1) is 21.3 Å². The average molecular weight is 336 g/mol. The molecular weight excluding hydrogens is 325 g/mol. The predicted octanol–water partition coefficient (Wildman–Crippen LogP) is 3.11. The van der Waals surface area contributed by atoms with E-state index in [1.165, 1.54) is 0 Å². The number of cyclic esters (lactones) is 1. The minimum absolute atomic E-state index is 0.0600. The molecule has 3 aliphatic rings. The van der Waals surface area contributed by atoms with Crippen LogP contribution in [0.5, 0.6) is 0 Å². The number of Topliss-reactive ketones (excluding diaryl/α,β-unsaturated/α-hetero) is 1. The van der Waals surface area contributed by atoms with Crippen molar-refractivity contribution < 1.29 is 14.3 Å².